The van der Waals surface area contributed by atoms with E-state index in [1.165, 1.54) is 26.0 Å². The van der Waals surface area contributed by atoms with Crippen LogP contribution in [0.4, 0.5) is 0 Å². The van der Waals surface area contributed by atoms with E-state index in [1.54, 1.807) is 0 Å². The predicted octanol–water partition coefficient (Wildman–Crippen LogP) is 0.776. The fourth-order valence-corrected chi connectivity index (χ4v) is 2.81. The van der Waals surface area contributed by atoms with Crippen molar-refractivity contribution in [2.24, 2.45) is 0 Å². The van der Waals surface area contributed by atoms with Crippen molar-refractivity contribution in [2.75, 3.05) is 26.4 Å². The van der Waals surface area contributed by atoms with Gasteiger partial charge < -0.3 is 9.47 Å². The maximum absolute atomic E-state index is 12.3. The molecule has 0 atom stereocenters. The average Bonchev–Trinajstić information content (AvgIpc) is 2.99. The van der Waals surface area contributed by atoms with Crippen LogP contribution in [0.2, 0.25) is 0 Å². The number of imide groups is 2. The third kappa shape index (κ3) is 4.25. The largest absolute Gasteiger partial charge is 0.379 e. The Bertz CT molecular complexity index is 619. The van der Waals surface area contributed by atoms with Crippen molar-refractivity contribution < 1.29 is 28.7 Å². The van der Waals surface area contributed by atoms with Gasteiger partial charge in [-0.25, -0.2) is 0 Å². The van der Waals surface area contributed by atoms with Crippen molar-refractivity contribution in [3.63, 3.8) is 0 Å². The average molecular weight is 364 g/mol. The van der Waals surface area contributed by atoms with Crippen molar-refractivity contribution in [1.82, 2.24) is 9.80 Å². The molecule has 4 amide bonds. The molecule has 0 aromatic heterocycles. The summed E-state index contributed by atoms with van der Waals surface area (Å²) in [4.78, 5) is 51.0. The molecule has 0 aromatic rings. The fraction of sp³-hybridized carbons (Fsp3) is 0.556. The zero-order valence-electron chi connectivity index (χ0n) is 15.3. The minimum absolute atomic E-state index is 0.144. The van der Waals surface area contributed by atoms with Crippen molar-refractivity contribution in [2.45, 2.75) is 39.8 Å². The zero-order chi connectivity index (χ0) is 19.3. The van der Waals surface area contributed by atoms with Gasteiger partial charge in [-0.15, -0.1) is 0 Å². The molecular formula is C18H24N2O6. The molecule has 2 aliphatic rings. The van der Waals surface area contributed by atoms with E-state index in [1.807, 2.05) is 6.92 Å². The van der Waals surface area contributed by atoms with Crippen LogP contribution in [-0.4, -0.2) is 66.0 Å². The summed E-state index contributed by atoms with van der Waals surface area (Å²) >= 11 is 0. The van der Waals surface area contributed by atoms with Crippen LogP contribution in [0.5, 0.6) is 0 Å². The van der Waals surface area contributed by atoms with Crippen LogP contribution in [0, 0.1) is 0 Å². The van der Waals surface area contributed by atoms with Gasteiger partial charge >= 0.3 is 0 Å². The molecule has 0 unspecified atom stereocenters. The van der Waals surface area contributed by atoms with Crippen LogP contribution in [0.15, 0.2) is 23.3 Å². The summed E-state index contributed by atoms with van der Waals surface area (Å²) in [5.74, 6) is -2.07. The highest BCUT2D eigenvalue weighted by Gasteiger charge is 2.43. The first kappa shape index (κ1) is 20.0. The summed E-state index contributed by atoms with van der Waals surface area (Å²) in [6.45, 7) is 6.66. The first-order valence-corrected chi connectivity index (χ1v) is 8.65. The van der Waals surface area contributed by atoms with Crippen molar-refractivity contribution in [3.05, 3.63) is 23.3 Å². The summed E-state index contributed by atoms with van der Waals surface area (Å²) in [6.07, 6.45) is 2.47. The molecule has 142 valence electrons. The summed E-state index contributed by atoms with van der Waals surface area (Å²) in [5, 5.41) is 0. The lowest BCUT2D eigenvalue weighted by atomic mass is 10.2. The molecule has 2 aliphatic heterocycles. The number of ether oxygens (including phenoxy) is 2. The highest BCUT2D eigenvalue weighted by Crippen LogP contribution is 2.25. The first-order valence-electron chi connectivity index (χ1n) is 8.65. The maximum atomic E-state index is 12.3. The Labute approximate surface area is 152 Å². The molecule has 2 rings (SSSR count). The fourth-order valence-electron chi connectivity index (χ4n) is 2.81. The molecule has 2 heterocycles. The Kier molecular flexibility index (Phi) is 6.82. The van der Waals surface area contributed by atoms with Crippen molar-refractivity contribution in [3.8, 4) is 0 Å². The third-order valence-electron chi connectivity index (χ3n) is 4.10. The molecule has 0 aliphatic carbocycles. The Morgan fingerprint density at radius 1 is 0.808 bits per heavy atom. The molecule has 8 heteroatoms. The van der Waals surface area contributed by atoms with E-state index in [9.17, 15) is 19.2 Å². The van der Waals surface area contributed by atoms with Crippen molar-refractivity contribution >= 4 is 23.6 Å². The number of carbonyl (C=O) groups is 4. The highest BCUT2D eigenvalue weighted by molar-refractivity contribution is 6.19. The standard InChI is InChI=1S/C18H24N2O6/c1-4-6-25-8-9-26-7-5-14(19-15(21)10-12(2)17(19)23)20-16(22)11-13(3)18(20)24/h10-11,14H,4-9H2,1-3H3. The monoisotopic (exact) mass is 364 g/mol. The van der Waals surface area contributed by atoms with Crippen LogP contribution in [-0.2, 0) is 28.7 Å². The third-order valence-corrected chi connectivity index (χ3v) is 4.10. The minimum atomic E-state index is -1.01. The van der Waals surface area contributed by atoms with Crippen LogP contribution in [0.25, 0.3) is 0 Å². The molecule has 0 saturated heterocycles. The predicted molar refractivity (Wildman–Crippen MR) is 91.6 cm³/mol. The Balaban J connectivity index is 2.04. The van der Waals surface area contributed by atoms with E-state index in [0.29, 0.717) is 19.8 Å². The molecule has 0 radical (unpaired) electrons. The number of amides is 4. The minimum Gasteiger partial charge on any atom is -0.379 e. The van der Waals surface area contributed by atoms with Gasteiger partial charge in [-0.3, -0.25) is 29.0 Å². The second kappa shape index (κ2) is 8.86. The smallest absolute Gasteiger partial charge is 0.258 e. The van der Waals surface area contributed by atoms with Gasteiger partial charge in [-0.05, 0) is 20.3 Å². The van der Waals surface area contributed by atoms with Gasteiger partial charge in [0.15, 0.2) is 0 Å². The highest BCUT2D eigenvalue weighted by atomic mass is 16.5. The lowest BCUT2D eigenvalue weighted by Crippen LogP contribution is -2.54. The van der Waals surface area contributed by atoms with E-state index in [0.717, 1.165) is 16.2 Å². The lowest BCUT2D eigenvalue weighted by molar-refractivity contribution is -0.153. The lowest BCUT2D eigenvalue weighted by Gasteiger charge is -2.33. The molecule has 0 aromatic carbocycles. The Morgan fingerprint density at radius 3 is 1.65 bits per heavy atom. The van der Waals surface area contributed by atoms with Crippen LogP contribution in [0.3, 0.4) is 0 Å². The Hall–Kier alpha value is -2.32. The van der Waals surface area contributed by atoms with E-state index >= 15 is 0 Å². The van der Waals surface area contributed by atoms with E-state index in [4.69, 9.17) is 9.47 Å². The van der Waals surface area contributed by atoms with Gasteiger partial charge in [-0.1, -0.05) is 6.92 Å². The van der Waals surface area contributed by atoms with Gasteiger partial charge in [0.2, 0.25) is 0 Å². The summed E-state index contributed by atoms with van der Waals surface area (Å²) in [6, 6.07) is 0. The molecule has 8 nitrogen and oxygen atoms in total. The van der Waals surface area contributed by atoms with E-state index in [-0.39, 0.29) is 24.2 Å². The molecule has 0 spiro atoms. The molecule has 0 N–H and O–H groups in total. The van der Waals surface area contributed by atoms with E-state index in [2.05, 4.69) is 0 Å². The van der Waals surface area contributed by atoms with E-state index < -0.39 is 29.8 Å². The molecular weight excluding hydrogens is 340 g/mol. The Morgan fingerprint density at radius 2 is 1.27 bits per heavy atom. The van der Waals surface area contributed by atoms with Gasteiger partial charge in [0.05, 0.1) is 19.8 Å². The zero-order valence-corrected chi connectivity index (χ0v) is 15.3. The molecule has 0 saturated carbocycles. The second-order valence-corrected chi connectivity index (χ2v) is 6.18. The van der Waals surface area contributed by atoms with Gasteiger partial charge in [0.25, 0.3) is 23.6 Å². The molecule has 26 heavy (non-hydrogen) atoms. The van der Waals surface area contributed by atoms with Gasteiger partial charge in [-0.2, -0.15) is 0 Å². The quantitative estimate of drug-likeness (QED) is 0.420. The first-order chi connectivity index (χ1) is 12.4. The van der Waals surface area contributed by atoms with Crippen LogP contribution < -0.4 is 0 Å². The molecule has 0 fully saturated rings. The number of carbonyl (C=O) groups excluding carboxylic acids is 4. The van der Waals surface area contributed by atoms with Gasteiger partial charge in [0, 0.05) is 36.3 Å². The number of hydrogen-bond acceptors (Lipinski definition) is 6. The summed E-state index contributed by atoms with van der Waals surface area (Å²) < 4.78 is 10.8. The second-order valence-electron chi connectivity index (χ2n) is 6.18. The summed E-state index contributed by atoms with van der Waals surface area (Å²) in [7, 11) is 0. The van der Waals surface area contributed by atoms with Gasteiger partial charge in [0.1, 0.15) is 6.17 Å². The molecule has 0 bridgehead atoms. The number of rotatable bonds is 10. The van der Waals surface area contributed by atoms with Crippen molar-refractivity contribution in [1.29, 1.82) is 0 Å². The van der Waals surface area contributed by atoms with Crippen LogP contribution in [0.1, 0.15) is 33.6 Å². The topological polar surface area (TPSA) is 93.2 Å². The summed E-state index contributed by atoms with van der Waals surface area (Å²) in [5.41, 5.74) is 0.551. The van der Waals surface area contributed by atoms with Crippen LogP contribution >= 0.6 is 0 Å². The SMILES string of the molecule is CCCOCCOCCC(N1C(=O)C=C(C)C1=O)N1C(=O)C=C(C)C1=O. The number of hydrogen-bond donors (Lipinski definition) is 0. The normalized spacial score (nSPS) is 17.7. The number of nitrogens with zero attached hydrogens (tertiary/aromatic N) is 2. The maximum Gasteiger partial charge on any atom is 0.258 e.